The number of nitrogens with zero attached hydrogens (tertiary/aromatic N) is 5. The SMILES string of the molecule is CN=C(NCc1cccc(OCCN(C)C)c1)NCc1nnc2ccccn12. The molecule has 8 heteroatoms. The predicted molar refractivity (Wildman–Crippen MR) is 111 cm³/mol. The van der Waals surface area contributed by atoms with Gasteiger partial charge in [-0.05, 0) is 43.9 Å². The molecule has 1 aromatic carbocycles. The van der Waals surface area contributed by atoms with E-state index >= 15 is 0 Å². The second-order valence-corrected chi connectivity index (χ2v) is 6.62. The summed E-state index contributed by atoms with van der Waals surface area (Å²) < 4.78 is 7.75. The molecule has 28 heavy (non-hydrogen) atoms. The molecule has 3 rings (SSSR count). The fourth-order valence-electron chi connectivity index (χ4n) is 2.67. The molecule has 0 aliphatic rings. The maximum Gasteiger partial charge on any atom is 0.191 e. The zero-order valence-electron chi connectivity index (χ0n) is 16.6. The van der Waals surface area contributed by atoms with Crippen LogP contribution in [0.5, 0.6) is 5.75 Å². The first-order chi connectivity index (χ1) is 13.7. The van der Waals surface area contributed by atoms with Crippen LogP contribution in [0.2, 0.25) is 0 Å². The van der Waals surface area contributed by atoms with Gasteiger partial charge in [0, 0.05) is 26.3 Å². The van der Waals surface area contributed by atoms with Crippen LogP contribution in [0.1, 0.15) is 11.4 Å². The first-order valence-corrected chi connectivity index (χ1v) is 9.25. The van der Waals surface area contributed by atoms with Crippen molar-refractivity contribution in [3.8, 4) is 5.75 Å². The number of hydrogen-bond donors (Lipinski definition) is 2. The predicted octanol–water partition coefficient (Wildman–Crippen LogP) is 1.53. The smallest absolute Gasteiger partial charge is 0.191 e. The van der Waals surface area contributed by atoms with Gasteiger partial charge in [-0.2, -0.15) is 0 Å². The van der Waals surface area contributed by atoms with E-state index in [4.69, 9.17) is 4.74 Å². The number of aliphatic imine (C=N–C) groups is 1. The van der Waals surface area contributed by atoms with E-state index in [1.807, 2.05) is 61.1 Å². The van der Waals surface area contributed by atoms with Crippen molar-refractivity contribution in [2.45, 2.75) is 13.1 Å². The van der Waals surface area contributed by atoms with Crippen LogP contribution in [0.4, 0.5) is 0 Å². The van der Waals surface area contributed by atoms with Crippen molar-refractivity contribution in [2.75, 3.05) is 34.3 Å². The van der Waals surface area contributed by atoms with Crippen LogP contribution in [0.3, 0.4) is 0 Å². The molecule has 2 aromatic heterocycles. The van der Waals surface area contributed by atoms with Crippen molar-refractivity contribution in [3.63, 3.8) is 0 Å². The van der Waals surface area contributed by atoms with Gasteiger partial charge in [0.25, 0.3) is 0 Å². The summed E-state index contributed by atoms with van der Waals surface area (Å²) in [4.78, 5) is 6.37. The largest absolute Gasteiger partial charge is 0.492 e. The molecule has 2 heterocycles. The van der Waals surface area contributed by atoms with E-state index in [2.05, 4.69) is 36.8 Å². The van der Waals surface area contributed by atoms with Gasteiger partial charge in [0.15, 0.2) is 17.4 Å². The Kier molecular flexibility index (Phi) is 6.80. The standard InChI is InChI=1S/C20H27N7O/c1-21-20(23-15-19-25-24-18-9-4-5-10-27(18)19)22-14-16-7-6-8-17(13-16)28-12-11-26(2)3/h4-10,13H,11-12,14-15H2,1-3H3,(H2,21,22,23). The van der Waals surface area contributed by atoms with E-state index in [0.717, 1.165) is 29.3 Å². The molecule has 8 nitrogen and oxygen atoms in total. The zero-order chi connectivity index (χ0) is 19.8. The highest BCUT2D eigenvalue weighted by molar-refractivity contribution is 5.79. The first kappa shape index (κ1) is 19.6. The fraction of sp³-hybridized carbons (Fsp3) is 0.350. The van der Waals surface area contributed by atoms with E-state index in [1.54, 1.807) is 7.05 Å². The summed E-state index contributed by atoms with van der Waals surface area (Å²) in [6.07, 6.45) is 1.95. The molecule has 2 N–H and O–H groups in total. The number of likely N-dealkylation sites (N-methyl/N-ethyl adjacent to an activating group) is 1. The lowest BCUT2D eigenvalue weighted by Gasteiger charge is -2.13. The quantitative estimate of drug-likeness (QED) is 0.455. The fourth-order valence-corrected chi connectivity index (χ4v) is 2.67. The van der Waals surface area contributed by atoms with Gasteiger partial charge in [-0.25, -0.2) is 0 Å². The Bertz CT molecular complexity index is 920. The summed E-state index contributed by atoms with van der Waals surface area (Å²) in [6, 6.07) is 13.9. The Morgan fingerprint density at radius 3 is 2.79 bits per heavy atom. The minimum absolute atomic E-state index is 0.526. The lowest BCUT2D eigenvalue weighted by atomic mass is 10.2. The van der Waals surface area contributed by atoms with Crippen molar-refractivity contribution < 1.29 is 4.74 Å². The summed E-state index contributed by atoms with van der Waals surface area (Å²) in [5.74, 6) is 2.40. The number of benzene rings is 1. The first-order valence-electron chi connectivity index (χ1n) is 9.25. The van der Waals surface area contributed by atoms with Crippen molar-refractivity contribution in [1.82, 2.24) is 30.1 Å². The van der Waals surface area contributed by atoms with E-state index < -0.39 is 0 Å². The summed E-state index contributed by atoms with van der Waals surface area (Å²) in [5.41, 5.74) is 1.95. The minimum Gasteiger partial charge on any atom is -0.492 e. The van der Waals surface area contributed by atoms with E-state index in [0.29, 0.717) is 25.7 Å². The van der Waals surface area contributed by atoms with Gasteiger partial charge < -0.3 is 20.3 Å². The Labute approximate surface area is 165 Å². The van der Waals surface area contributed by atoms with Gasteiger partial charge in [0.2, 0.25) is 0 Å². The number of rotatable bonds is 8. The van der Waals surface area contributed by atoms with Crippen LogP contribution >= 0.6 is 0 Å². The summed E-state index contributed by atoms with van der Waals surface area (Å²) in [5, 5.41) is 15.0. The van der Waals surface area contributed by atoms with Crippen LogP contribution in [0.15, 0.2) is 53.7 Å². The molecule has 148 valence electrons. The monoisotopic (exact) mass is 381 g/mol. The highest BCUT2D eigenvalue weighted by Gasteiger charge is 2.06. The molecular weight excluding hydrogens is 354 g/mol. The molecule has 0 aliphatic heterocycles. The van der Waals surface area contributed by atoms with Gasteiger partial charge in [0.05, 0.1) is 6.54 Å². The van der Waals surface area contributed by atoms with Crippen molar-refractivity contribution in [2.24, 2.45) is 4.99 Å². The Morgan fingerprint density at radius 2 is 1.96 bits per heavy atom. The van der Waals surface area contributed by atoms with Crippen molar-refractivity contribution >= 4 is 11.6 Å². The summed E-state index contributed by atoms with van der Waals surface area (Å²) in [7, 11) is 5.81. The molecule has 0 amide bonds. The molecule has 0 aliphatic carbocycles. The van der Waals surface area contributed by atoms with Crippen LogP contribution in [0, 0.1) is 0 Å². The lowest BCUT2D eigenvalue weighted by molar-refractivity contribution is 0.261. The average molecular weight is 381 g/mol. The topological polar surface area (TPSA) is 79.1 Å². The third-order valence-electron chi connectivity index (χ3n) is 4.19. The van der Waals surface area contributed by atoms with Gasteiger partial charge >= 0.3 is 0 Å². The molecule has 0 unspecified atom stereocenters. The molecular formula is C20H27N7O. The van der Waals surface area contributed by atoms with Crippen LogP contribution in [-0.2, 0) is 13.1 Å². The molecule has 0 atom stereocenters. The maximum atomic E-state index is 5.79. The molecule has 0 fully saturated rings. The number of ether oxygens (including phenoxy) is 1. The van der Waals surface area contributed by atoms with Gasteiger partial charge in [-0.15, -0.1) is 10.2 Å². The Hall–Kier alpha value is -3.13. The Morgan fingerprint density at radius 1 is 1.11 bits per heavy atom. The zero-order valence-corrected chi connectivity index (χ0v) is 16.6. The summed E-state index contributed by atoms with van der Waals surface area (Å²) in [6.45, 7) is 2.72. The van der Waals surface area contributed by atoms with Gasteiger partial charge in [-0.1, -0.05) is 18.2 Å². The lowest BCUT2D eigenvalue weighted by Crippen LogP contribution is -2.36. The minimum atomic E-state index is 0.526. The Balaban J connectivity index is 1.51. The van der Waals surface area contributed by atoms with Crippen LogP contribution < -0.4 is 15.4 Å². The molecule has 0 saturated carbocycles. The maximum absolute atomic E-state index is 5.79. The number of guanidine groups is 1. The average Bonchev–Trinajstić information content (AvgIpc) is 3.11. The van der Waals surface area contributed by atoms with Crippen LogP contribution in [0.25, 0.3) is 5.65 Å². The number of fused-ring (bicyclic) bond motifs is 1. The highest BCUT2D eigenvalue weighted by Crippen LogP contribution is 2.13. The van der Waals surface area contributed by atoms with Crippen molar-refractivity contribution in [3.05, 3.63) is 60.0 Å². The third kappa shape index (κ3) is 5.43. The number of pyridine rings is 1. The second kappa shape index (κ2) is 9.70. The summed E-state index contributed by atoms with van der Waals surface area (Å²) >= 11 is 0. The normalized spacial score (nSPS) is 11.8. The van der Waals surface area contributed by atoms with Gasteiger partial charge in [0.1, 0.15) is 12.4 Å². The second-order valence-electron chi connectivity index (χ2n) is 6.62. The van der Waals surface area contributed by atoms with Crippen LogP contribution in [-0.4, -0.2) is 59.8 Å². The molecule has 0 saturated heterocycles. The highest BCUT2D eigenvalue weighted by atomic mass is 16.5. The number of aromatic nitrogens is 3. The molecule has 0 radical (unpaired) electrons. The molecule has 0 spiro atoms. The third-order valence-corrected chi connectivity index (χ3v) is 4.19. The number of nitrogens with one attached hydrogen (secondary N) is 2. The number of hydrogen-bond acceptors (Lipinski definition) is 5. The molecule has 3 aromatic rings. The van der Waals surface area contributed by atoms with Gasteiger partial charge in [-0.3, -0.25) is 9.39 Å². The van der Waals surface area contributed by atoms with E-state index in [-0.39, 0.29) is 0 Å². The van der Waals surface area contributed by atoms with E-state index in [9.17, 15) is 0 Å². The van der Waals surface area contributed by atoms with Crippen molar-refractivity contribution in [1.29, 1.82) is 0 Å². The molecule has 0 bridgehead atoms. The van der Waals surface area contributed by atoms with E-state index in [1.165, 1.54) is 0 Å².